The molecule has 130 valence electrons. The first-order chi connectivity index (χ1) is 11.6. The third-order valence-corrected chi connectivity index (χ3v) is 5.65. The van der Waals surface area contributed by atoms with Gasteiger partial charge in [0.2, 0.25) is 0 Å². The lowest BCUT2D eigenvalue weighted by Gasteiger charge is -2.21. The first-order valence-electron chi connectivity index (χ1n) is 8.18. The highest BCUT2D eigenvalue weighted by Gasteiger charge is 2.23. The summed E-state index contributed by atoms with van der Waals surface area (Å²) in [6, 6.07) is 3.60. The standard InChI is InChI=1S/C18H22O5S/c1-21-13-8-12-15(9-14(13)22-2)24-17(18(19)20)16(12)23-10-11-6-4-3-5-7-11/h8-9,11H,3-7,10H2,1-2H3,(H,19,20). The Kier molecular flexibility index (Phi) is 5.14. The average Bonchev–Trinajstić information content (AvgIpc) is 2.97. The monoisotopic (exact) mass is 350 g/mol. The molecule has 6 heteroatoms. The van der Waals surface area contributed by atoms with Crippen LogP contribution in [-0.4, -0.2) is 31.9 Å². The van der Waals surface area contributed by atoms with Crippen molar-refractivity contribution in [2.75, 3.05) is 20.8 Å². The summed E-state index contributed by atoms with van der Waals surface area (Å²) < 4.78 is 17.5. The summed E-state index contributed by atoms with van der Waals surface area (Å²) in [6.07, 6.45) is 6.06. The number of carboxylic acids is 1. The highest BCUT2D eigenvalue weighted by molar-refractivity contribution is 7.21. The Labute approximate surface area is 145 Å². The van der Waals surface area contributed by atoms with Crippen molar-refractivity contribution in [2.24, 2.45) is 5.92 Å². The van der Waals surface area contributed by atoms with E-state index in [4.69, 9.17) is 14.2 Å². The Hall–Kier alpha value is -1.95. The number of ether oxygens (including phenoxy) is 3. The van der Waals surface area contributed by atoms with E-state index in [1.54, 1.807) is 26.4 Å². The zero-order valence-corrected chi connectivity index (χ0v) is 14.8. The summed E-state index contributed by atoms with van der Waals surface area (Å²) in [6.45, 7) is 0.570. The number of thiophene rings is 1. The van der Waals surface area contributed by atoms with E-state index in [1.165, 1.54) is 30.6 Å². The normalized spacial score (nSPS) is 15.4. The van der Waals surface area contributed by atoms with Gasteiger partial charge >= 0.3 is 5.97 Å². The lowest BCUT2D eigenvalue weighted by Crippen LogP contribution is -2.15. The van der Waals surface area contributed by atoms with E-state index in [2.05, 4.69) is 0 Å². The second-order valence-electron chi connectivity index (χ2n) is 6.08. The van der Waals surface area contributed by atoms with Crippen LogP contribution in [0.4, 0.5) is 0 Å². The molecule has 0 radical (unpaired) electrons. The molecule has 1 aliphatic carbocycles. The van der Waals surface area contributed by atoms with Crippen LogP contribution in [0.25, 0.3) is 10.1 Å². The highest BCUT2D eigenvalue weighted by Crippen LogP contribution is 2.43. The van der Waals surface area contributed by atoms with Crippen LogP contribution in [0.2, 0.25) is 0 Å². The van der Waals surface area contributed by atoms with E-state index >= 15 is 0 Å². The second kappa shape index (κ2) is 7.30. The number of benzene rings is 1. The maximum atomic E-state index is 11.6. The molecule has 1 aromatic carbocycles. The Balaban J connectivity index is 1.96. The molecule has 0 amide bonds. The number of fused-ring (bicyclic) bond motifs is 1. The second-order valence-corrected chi connectivity index (χ2v) is 7.14. The molecule has 0 unspecified atom stereocenters. The van der Waals surface area contributed by atoms with E-state index < -0.39 is 5.97 Å². The zero-order chi connectivity index (χ0) is 17.1. The fraction of sp³-hybridized carbons (Fsp3) is 0.500. The Morgan fingerprint density at radius 3 is 2.46 bits per heavy atom. The summed E-state index contributed by atoms with van der Waals surface area (Å²) in [5, 5.41) is 10.3. The van der Waals surface area contributed by atoms with E-state index in [0.29, 0.717) is 29.8 Å². The minimum absolute atomic E-state index is 0.233. The van der Waals surface area contributed by atoms with Crippen molar-refractivity contribution < 1.29 is 24.1 Å². The highest BCUT2D eigenvalue weighted by atomic mass is 32.1. The van der Waals surface area contributed by atoms with Gasteiger partial charge in [-0.25, -0.2) is 4.79 Å². The number of rotatable bonds is 6. The van der Waals surface area contributed by atoms with Gasteiger partial charge in [-0.15, -0.1) is 11.3 Å². The smallest absolute Gasteiger partial charge is 0.349 e. The molecule has 1 heterocycles. The van der Waals surface area contributed by atoms with Crippen molar-refractivity contribution in [3.63, 3.8) is 0 Å². The van der Waals surface area contributed by atoms with Gasteiger partial charge in [0.15, 0.2) is 22.1 Å². The molecular weight excluding hydrogens is 328 g/mol. The van der Waals surface area contributed by atoms with Crippen LogP contribution in [0, 0.1) is 5.92 Å². The quantitative estimate of drug-likeness (QED) is 0.826. The van der Waals surface area contributed by atoms with Crippen molar-refractivity contribution in [2.45, 2.75) is 32.1 Å². The van der Waals surface area contributed by atoms with Gasteiger partial charge in [-0.1, -0.05) is 19.3 Å². The first kappa shape index (κ1) is 16.9. The van der Waals surface area contributed by atoms with Crippen molar-refractivity contribution in [3.05, 3.63) is 17.0 Å². The predicted molar refractivity (Wildman–Crippen MR) is 94.0 cm³/mol. The molecule has 3 rings (SSSR count). The Morgan fingerprint density at radius 2 is 1.83 bits per heavy atom. The molecule has 1 aliphatic rings. The van der Waals surface area contributed by atoms with Crippen molar-refractivity contribution in [1.82, 2.24) is 0 Å². The van der Waals surface area contributed by atoms with Crippen LogP contribution in [0.3, 0.4) is 0 Å². The molecule has 24 heavy (non-hydrogen) atoms. The minimum Gasteiger partial charge on any atom is -0.493 e. The molecule has 1 saturated carbocycles. The van der Waals surface area contributed by atoms with Gasteiger partial charge in [0, 0.05) is 16.2 Å². The number of carboxylic acid groups (broad SMARTS) is 1. The Bertz CT molecular complexity index is 731. The van der Waals surface area contributed by atoms with Crippen LogP contribution in [0.5, 0.6) is 17.2 Å². The van der Waals surface area contributed by atoms with Crippen LogP contribution in [0.15, 0.2) is 12.1 Å². The molecule has 2 aromatic rings. The van der Waals surface area contributed by atoms with Crippen LogP contribution >= 0.6 is 11.3 Å². The van der Waals surface area contributed by atoms with Crippen LogP contribution < -0.4 is 14.2 Å². The number of methoxy groups -OCH3 is 2. The predicted octanol–water partition coefficient (Wildman–Crippen LogP) is 4.58. The van der Waals surface area contributed by atoms with Crippen molar-refractivity contribution >= 4 is 27.4 Å². The summed E-state index contributed by atoms with van der Waals surface area (Å²) in [4.78, 5) is 11.9. The van der Waals surface area contributed by atoms with Crippen LogP contribution in [-0.2, 0) is 0 Å². The number of hydrogen-bond donors (Lipinski definition) is 1. The molecule has 1 N–H and O–H groups in total. The maximum Gasteiger partial charge on any atom is 0.349 e. The first-order valence-corrected chi connectivity index (χ1v) is 9.00. The molecule has 0 spiro atoms. The summed E-state index contributed by atoms with van der Waals surface area (Å²) in [7, 11) is 3.13. The topological polar surface area (TPSA) is 65.0 Å². The lowest BCUT2D eigenvalue weighted by molar-refractivity contribution is 0.0697. The van der Waals surface area contributed by atoms with E-state index in [9.17, 15) is 9.90 Å². The van der Waals surface area contributed by atoms with Gasteiger partial charge in [-0.2, -0.15) is 0 Å². The SMILES string of the molecule is COc1cc2sc(C(=O)O)c(OCC3CCCCC3)c2cc1OC. The number of hydrogen-bond acceptors (Lipinski definition) is 5. The summed E-state index contributed by atoms with van der Waals surface area (Å²) >= 11 is 1.21. The van der Waals surface area contributed by atoms with Gasteiger partial charge < -0.3 is 19.3 Å². The number of aromatic carboxylic acids is 1. The van der Waals surface area contributed by atoms with E-state index in [-0.39, 0.29) is 4.88 Å². The fourth-order valence-electron chi connectivity index (χ4n) is 3.24. The van der Waals surface area contributed by atoms with Gasteiger partial charge in [0.25, 0.3) is 0 Å². The number of carbonyl (C=O) groups is 1. The summed E-state index contributed by atoms with van der Waals surface area (Å²) in [5.74, 6) is 1.15. The molecule has 1 fully saturated rings. The van der Waals surface area contributed by atoms with E-state index in [0.717, 1.165) is 22.9 Å². The molecule has 0 bridgehead atoms. The third-order valence-electron chi connectivity index (χ3n) is 4.53. The van der Waals surface area contributed by atoms with Crippen molar-refractivity contribution in [1.29, 1.82) is 0 Å². The van der Waals surface area contributed by atoms with Gasteiger partial charge in [-0.05, 0) is 24.8 Å². The molecule has 5 nitrogen and oxygen atoms in total. The molecule has 0 saturated heterocycles. The van der Waals surface area contributed by atoms with Gasteiger partial charge in [-0.3, -0.25) is 0 Å². The fourth-order valence-corrected chi connectivity index (χ4v) is 4.24. The molecule has 0 atom stereocenters. The Morgan fingerprint density at radius 1 is 1.17 bits per heavy atom. The van der Waals surface area contributed by atoms with Crippen molar-refractivity contribution in [3.8, 4) is 17.2 Å². The summed E-state index contributed by atoms with van der Waals surface area (Å²) in [5.41, 5.74) is 0. The third kappa shape index (κ3) is 3.29. The van der Waals surface area contributed by atoms with Gasteiger partial charge in [0.1, 0.15) is 0 Å². The van der Waals surface area contributed by atoms with Crippen LogP contribution in [0.1, 0.15) is 41.8 Å². The van der Waals surface area contributed by atoms with Gasteiger partial charge in [0.05, 0.1) is 20.8 Å². The van der Waals surface area contributed by atoms with E-state index in [1.807, 2.05) is 0 Å². The maximum absolute atomic E-state index is 11.6. The largest absolute Gasteiger partial charge is 0.493 e. The molecular formula is C18H22O5S. The minimum atomic E-state index is -0.965. The molecule has 1 aromatic heterocycles. The molecule has 0 aliphatic heterocycles. The average molecular weight is 350 g/mol. The lowest BCUT2D eigenvalue weighted by atomic mass is 9.90. The zero-order valence-electron chi connectivity index (χ0n) is 14.0.